The molecule has 9 nitrogen and oxygen atoms in total. The van der Waals surface area contributed by atoms with E-state index < -0.39 is 23.2 Å². The predicted molar refractivity (Wildman–Crippen MR) is 145 cm³/mol. The molecule has 1 saturated heterocycles. The van der Waals surface area contributed by atoms with E-state index in [1.807, 2.05) is 24.3 Å². The number of aliphatic carboxylic acids is 1. The number of amides is 2. The fourth-order valence-electron chi connectivity index (χ4n) is 5.08. The Labute approximate surface area is 225 Å². The maximum atomic E-state index is 12.9. The number of aryl methyl sites for hydroxylation is 1. The first-order valence-corrected chi connectivity index (χ1v) is 13.7. The third-order valence-corrected chi connectivity index (χ3v) is 8.39. The van der Waals surface area contributed by atoms with Crippen LogP contribution in [0, 0.1) is 0 Å². The molecule has 2 aromatic carbocycles. The smallest absolute Gasteiger partial charge is 0.326 e. The normalized spacial score (nSPS) is 23.0. The highest BCUT2D eigenvalue weighted by Crippen LogP contribution is 2.39. The number of benzene rings is 2. The van der Waals surface area contributed by atoms with E-state index in [0.29, 0.717) is 31.0 Å². The van der Waals surface area contributed by atoms with Crippen LogP contribution in [0.25, 0.3) is 0 Å². The molecule has 0 unspecified atom stereocenters. The number of carbonyl (C=O) groups excluding carboxylic acids is 2. The first-order valence-electron chi connectivity index (χ1n) is 12.8. The summed E-state index contributed by atoms with van der Waals surface area (Å²) in [6.07, 6.45) is 2.56. The second-order valence-corrected chi connectivity index (χ2v) is 10.7. The lowest BCUT2D eigenvalue weighted by Crippen LogP contribution is -2.41. The topological polar surface area (TPSA) is 112 Å². The molecule has 10 heteroatoms. The molecule has 38 heavy (non-hydrogen) atoms. The zero-order valence-corrected chi connectivity index (χ0v) is 22.2. The number of hydrazone groups is 1. The fraction of sp³-hybridized carbons (Fsp3) is 0.393. The summed E-state index contributed by atoms with van der Waals surface area (Å²) in [6, 6.07) is 15.1. The van der Waals surface area contributed by atoms with Gasteiger partial charge >= 0.3 is 5.97 Å². The Kier molecular flexibility index (Phi) is 7.51. The van der Waals surface area contributed by atoms with Crippen LogP contribution in [0.4, 0.5) is 0 Å². The Bertz CT molecular complexity index is 1290. The van der Waals surface area contributed by atoms with E-state index in [1.165, 1.54) is 22.2 Å². The van der Waals surface area contributed by atoms with Crippen LogP contribution in [0.15, 0.2) is 58.6 Å². The maximum Gasteiger partial charge on any atom is 0.326 e. The van der Waals surface area contributed by atoms with Crippen molar-refractivity contribution in [1.29, 1.82) is 0 Å². The number of carboxylic acid groups (broad SMARTS) is 1. The van der Waals surface area contributed by atoms with E-state index >= 15 is 0 Å². The number of carboxylic acids is 1. The number of methoxy groups -OCH3 is 1. The van der Waals surface area contributed by atoms with Gasteiger partial charge in [0.1, 0.15) is 17.0 Å². The highest BCUT2D eigenvalue weighted by Gasteiger charge is 2.41. The summed E-state index contributed by atoms with van der Waals surface area (Å²) in [4.78, 5) is 43.0. The highest BCUT2D eigenvalue weighted by atomic mass is 32.2. The Hall–Kier alpha value is -3.66. The van der Waals surface area contributed by atoms with Gasteiger partial charge in [-0.15, -0.1) is 0 Å². The molecule has 0 bridgehead atoms. The summed E-state index contributed by atoms with van der Waals surface area (Å²) in [5, 5.41) is 15.9. The summed E-state index contributed by atoms with van der Waals surface area (Å²) in [5.41, 5.74) is 4.12. The molecule has 3 aliphatic rings. The van der Waals surface area contributed by atoms with Gasteiger partial charge in [-0.05, 0) is 60.2 Å². The largest absolute Gasteiger partial charge is 0.497 e. The molecule has 2 amide bonds. The van der Waals surface area contributed by atoms with E-state index in [-0.39, 0.29) is 18.4 Å². The van der Waals surface area contributed by atoms with Gasteiger partial charge in [-0.3, -0.25) is 9.59 Å². The first kappa shape index (κ1) is 26.0. The van der Waals surface area contributed by atoms with Gasteiger partial charge in [0.25, 0.3) is 5.91 Å². The number of aliphatic imine (C=N–C) groups is 1. The van der Waals surface area contributed by atoms with E-state index in [9.17, 15) is 19.5 Å². The van der Waals surface area contributed by atoms with Gasteiger partial charge in [0.2, 0.25) is 5.91 Å². The lowest BCUT2D eigenvalue weighted by atomic mass is 9.97. The van der Waals surface area contributed by atoms with Gasteiger partial charge in [0.05, 0.1) is 18.9 Å². The summed E-state index contributed by atoms with van der Waals surface area (Å²) in [5.74, 6) is -0.967. The molecule has 3 heterocycles. The molecule has 3 aliphatic heterocycles. The highest BCUT2D eigenvalue weighted by molar-refractivity contribution is 8.15. The fourth-order valence-corrected chi connectivity index (χ4v) is 6.13. The number of ether oxygens (including phenoxy) is 1. The lowest BCUT2D eigenvalue weighted by molar-refractivity contribution is -0.148. The molecule has 0 spiro atoms. The van der Waals surface area contributed by atoms with Crippen molar-refractivity contribution in [2.45, 2.75) is 56.4 Å². The SMILES string of the molecule is CCc1ccc([C@@H]2CC(c3ccc(OC)cc3)=NN2C2=NC(=O)[C@H](CC(=O)N3CCC[C@@H]3C(=O)O)S2)cc1. The molecule has 3 atom stereocenters. The van der Waals surface area contributed by atoms with Crippen LogP contribution in [0.3, 0.4) is 0 Å². The van der Waals surface area contributed by atoms with Crippen LogP contribution in [0.2, 0.25) is 0 Å². The molecule has 5 rings (SSSR count). The van der Waals surface area contributed by atoms with Gasteiger partial charge < -0.3 is 14.7 Å². The molecule has 198 valence electrons. The Morgan fingerprint density at radius 2 is 1.87 bits per heavy atom. The molecule has 0 saturated carbocycles. The van der Waals surface area contributed by atoms with Crippen molar-refractivity contribution in [2.75, 3.05) is 13.7 Å². The van der Waals surface area contributed by atoms with Gasteiger partial charge in [0, 0.05) is 19.4 Å². The van der Waals surface area contributed by atoms with Crippen LogP contribution in [0.5, 0.6) is 5.75 Å². The number of thioether (sulfide) groups is 1. The van der Waals surface area contributed by atoms with Crippen LogP contribution in [-0.2, 0) is 20.8 Å². The van der Waals surface area contributed by atoms with Crippen molar-refractivity contribution in [3.05, 3.63) is 65.2 Å². The van der Waals surface area contributed by atoms with Crippen molar-refractivity contribution >= 4 is 40.4 Å². The molecule has 1 N–H and O–H groups in total. The minimum Gasteiger partial charge on any atom is -0.497 e. The minimum absolute atomic E-state index is 0.0843. The molecule has 0 radical (unpaired) electrons. The zero-order valence-electron chi connectivity index (χ0n) is 21.4. The number of amidine groups is 1. The Morgan fingerprint density at radius 1 is 1.13 bits per heavy atom. The van der Waals surface area contributed by atoms with Crippen LogP contribution >= 0.6 is 11.8 Å². The summed E-state index contributed by atoms with van der Waals surface area (Å²) >= 11 is 1.23. The summed E-state index contributed by atoms with van der Waals surface area (Å²) in [7, 11) is 1.62. The molecule has 0 aliphatic carbocycles. The standard InChI is InChI=1S/C28H30N4O5S/c1-3-17-6-8-19(9-7-17)23-15-21(18-10-12-20(37-2)13-11-18)30-32(23)28-29-26(34)24(38-28)16-25(33)31-14-4-5-22(31)27(35)36/h6-13,22-24H,3-5,14-16H2,1-2H3,(H,35,36)/t22-,23+,24+/m1/s1. The lowest BCUT2D eigenvalue weighted by Gasteiger charge is -2.24. The molecular formula is C28H30N4O5S. The van der Waals surface area contributed by atoms with Crippen molar-refractivity contribution in [3.8, 4) is 5.75 Å². The van der Waals surface area contributed by atoms with Gasteiger partial charge in [0.15, 0.2) is 5.17 Å². The van der Waals surface area contributed by atoms with Crippen LogP contribution < -0.4 is 4.74 Å². The predicted octanol–water partition coefficient (Wildman–Crippen LogP) is 3.87. The van der Waals surface area contributed by atoms with Crippen molar-refractivity contribution in [1.82, 2.24) is 9.91 Å². The second-order valence-electron chi connectivity index (χ2n) is 9.56. The molecule has 1 fully saturated rings. The molecular weight excluding hydrogens is 504 g/mol. The number of carbonyl (C=O) groups is 3. The third-order valence-electron chi connectivity index (χ3n) is 7.25. The van der Waals surface area contributed by atoms with Gasteiger partial charge in [-0.25, -0.2) is 9.80 Å². The van der Waals surface area contributed by atoms with E-state index in [2.05, 4.69) is 36.2 Å². The first-order chi connectivity index (χ1) is 18.4. The van der Waals surface area contributed by atoms with Gasteiger partial charge in [-0.1, -0.05) is 43.0 Å². The number of hydrogen-bond acceptors (Lipinski definition) is 7. The van der Waals surface area contributed by atoms with E-state index in [0.717, 1.165) is 29.0 Å². The van der Waals surface area contributed by atoms with E-state index in [4.69, 9.17) is 9.84 Å². The van der Waals surface area contributed by atoms with Crippen molar-refractivity contribution in [3.63, 3.8) is 0 Å². The van der Waals surface area contributed by atoms with Crippen LogP contribution in [-0.4, -0.2) is 68.6 Å². The second kappa shape index (κ2) is 11.0. The van der Waals surface area contributed by atoms with Gasteiger partial charge in [-0.2, -0.15) is 10.1 Å². The molecule has 0 aromatic heterocycles. The Balaban J connectivity index is 1.37. The summed E-state index contributed by atoms with van der Waals surface area (Å²) < 4.78 is 5.28. The maximum absolute atomic E-state index is 12.9. The number of hydrogen-bond donors (Lipinski definition) is 1. The number of rotatable bonds is 7. The average Bonchev–Trinajstić information content (AvgIpc) is 3.68. The third kappa shape index (κ3) is 5.18. The Morgan fingerprint density at radius 3 is 2.53 bits per heavy atom. The zero-order chi connectivity index (χ0) is 26.8. The quantitative estimate of drug-likeness (QED) is 0.574. The molecule has 2 aromatic rings. The average molecular weight is 535 g/mol. The summed E-state index contributed by atoms with van der Waals surface area (Å²) in [6.45, 7) is 2.51. The van der Waals surface area contributed by atoms with E-state index in [1.54, 1.807) is 12.1 Å². The minimum atomic E-state index is -1.01. The van der Waals surface area contributed by atoms with Crippen LogP contribution in [0.1, 0.15) is 55.3 Å². The monoisotopic (exact) mass is 534 g/mol. The van der Waals surface area contributed by atoms with Crippen molar-refractivity contribution < 1.29 is 24.2 Å². The number of likely N-dealkylation sites (tertiary alicyclic amines) is 1. The van der Waals surface area contributed by atoms with Crippen molar-refractivity contribution in [2.24, 2.45) is 10.1 Å². The number of nitrogens with zero attached hydrogens (tertiary/aromatic N) is 4.